The second kappa shape index (κ2) is 5.87. The van der Waals surface area contributed by atoms with E-state index in [0.717, 1.165) is 17.7 Å². The van der Waals surface area contributed by atoms with Gasteiger partial charge in [-0.05, 0) is 36.8 Å². The molecule has 0 aliphatic heterocycles. The first-order valence-corrected chi connectivity index (χ1v) is 5.93. The number of carbonyl (C=O) groups is 1. The van der Waals surface area contributed by atoms with Gasteiger partial charge in [0.2, 0.25) is 0 Å². The number of anilines is 1. The highest BCUT2D eigenvalue weighted by Crippen LogP contribution is 2.25. The van der Waals surface area contributed by atoms with E-state index in [-0.39, 0.29) is 5.69 Å². The minimum atomic E-state index is -4.77. The van der Waals surface area contributed by atoms with Gasteiger partial charge in [0.15, 0.2) is 0 Å². The summed E-state index contributed by atoms with van der Waals surface area (Å²) in [6, 6.07) is 11.6. The second-order valence-electron chi connectivity index (χ2n) is 4.23. The Kier molecular flexibility index (Phi) is 4.16. The molecular weight excluding hydrogens is 283 g/mol. The van der Waals surface area contributed by atoms with Crippen molar-refractivity contribution in [2.24, 2.45) is 0 Å². The summed E-state index contributed by atoms with van der Waals surface area (Å²) in [5, 5.41) is 2.50. The molecule has 0 unspecified atom stereocenters. The van der Waals surface area contributed by atoms with Gasteiger partial charge in [-0.15, -0.1) is 13.2 Å². The molecule has 109 valence electrons. The van der Waals surface area contributed by atoms with Crippen LogP contribution < -0.4 is 10.1 Å². The summed E-state index contributed by atoms with van der Waals surface area (Å²) in [5.74, 6) is -0.826. The molecule has 6 heteroatoms. The van der Waals surface area contributed by atoms with Gasteiger partial charge in [0.1, 0.15) is 5.75 Å². The number of ether oxygens (including phenoxy) is 1. The van der Waals surface area contributed by atoms with Crippen LogP contribution in [-0.4, -0.2) is 12.3 Å². The molecule has 0 bridgehead atoms. The van der Waals surface area contributed by atoms with Gasteiger partial charge in [0.05, 0.1) is 0 Å². The van der Waals surface area contributed by atoms with Crippen LogP contribution in [0.4, 0.5) is 18.9 Å². The van der Waals surface area contributed by atoms with Crippen LogP contribution in [0.2, 0.25) is 0 Å². The van der Waals surface area contributed by atoms with Crippen LogP contribution in [0.3, 0.4) is 0 Å². The average Bonchev–Trinajstić information content (AvgIpc) is 2.37. The van der Waals surface area contributed by atoms with Crippen molar-refractivity contribution in [2.45, 2.75) is 6.36 Å². The van der Waals surface area contributed by atoms with Crippen LogP contribution in [0.5, 0.6) is 5.75 Å². The van der Waals surface area contributed by atoms with Gasteiger partial charge in [0.25, 0.3) is 5.91 Å². The lowest BCUT2D eigenvalue weighted by Gasteiger charge is -2.10. The summed E-state index contributed by atoms with van der Waals surface area (Å²) in [6.07, 6.45) is -4.77. The van der Waals surface area contributed by atoms with E-state index in [1.807, 2.05) is 0 Å². The van der Waals surface area contributed by atoms with Gasteiger partial charge in [-0.1, -0.05) is 18.2 Å². The Bertz CT molecular complexity index is 636. The molecule has 0 atom stereocenters. The third kappa shape index (κ3) is 4.52. The number of benzene rings is 2. The number of nitrogens with one attached hydrogen (secondary N) is 1. The fraction of sp³-hybridized carbons (Fsp3) is 0.0667. The predicted molar refractivity (Wildman–Crippen MR) is 72.0 cm³/mol. The third-order valence-electron chi connectivity index (χ3n) is 2.54. The molecule has 0 saturated carbocycles. The Hall–Kier alpha value is -2.50. The van der Waals surface area contributed by atoms with Crippen molar-refractivity contribution in [2.75, 3.05) is 5.32 Å². The summed E-state index contributed by atoms with van der Waals surface area (Å²) >= 11 is 0. The predicted octanol–water partition coefficient (Wildman–Crippen LogP) is 4.02. The summed E-state index contributed by atoms with van der Waals surface area (Å²) in [5.41, 5.74) is 1.34. The molecule has 0 fully saturated rings. The molecule has 0 saturated heterocycles. The molecule has 1 amide bonds. The molecule has 0 aliphatic rings. The number of carbonyl (C=O) groups excluding carboxylic acids is 1. The number of halogens is 3. The maximum Gasteiger partial charge on any atom is 0.573 e. The molecule has 1 radical (unpaired) electrons. The van der Waals surface area contributed by atoms with Crippen molar-refractivity contribution in [3.8, 4) is 5.75 Å². The van der Waals surface area contributed by atoms with Crippen LogP contribution in [0, 0.1) is 6.92 Å². The van der Waals surface area contributed by atoms with Crippen LogP contribution in [0.25, 0.3) is 0 Å². The number of alkyl halides is 3. The molecule has 2 aromatic carbocycles. The van der Waals surface area contributed by atoms with Gasteiger partial charge in [0, 0.05) is 17.3 Å². The van der Waals surface area contributed by atoms with E-state index in [4.69, 9.17) is 0 Å². The maximum atomic E-state index is 12.1. The molecule has 1 N–H and O–H groups in total. The lowest BCUT2D eigenvalue weighted by atomic mass is 10.1. The Morgan fingerprint density at radius 2 is 1.76 bits per heavy atom. The fourth-order valence-electron chi connectivity index (χ4n) is 1.63. The van der Waals surface area contributed by atoms with E-state index < -0.39 is 18.0 Å². The van der Waals surface area contributed by atoms with Crippen LogP contribution in [-0.2, 0) is 0 Å². The number of amides is 1. The van der Waals surface area contributed by atoms with Crippen molar-refractivity contribution < 1.29 is 22.7 Å². The highest BCUT2D eigenvalue weighted by molar-refractivity contribution is 6.04. The Morgan fingerprint density at radius 3 is 2.38 bits per heavy atom. The van der Waals surface area contributed by atoms with E-state index in [9.17, 15) is 18.0 Å². The zero-order valence-electron chi connectivity index (χ0n) is 10.8. The monoisotopic (exact) mass is 294 g/mol. The molecule has 3 nitrogen and oxygen atoms in total. The summed E-state index contributed by atoms with van der Waals surface area (Å²) in [6.45, 7) is 3.70. The Balaban J connectivity index is 2.10. The Morgan fingerprint density at radius 1 is 1.10 bits per heavy atom. The van der Waals surface area contributed by atoms with E-state index >= 15 is 0 Å². The molecule has 0 aromatic heterocycles. The standard InChI is InChI=1S/C15H11F3NO2/c1-10-5-7-11(8-6-10)14(20)19-12-3-2-4-13(9-12)21-15(16,17)18/h2-9H,1H2,(H,19,20). The first-order chi connectivity index (χ1) is 9.83. The van der Waals surface area contributed by atoms with E-state index in [1.54, 1.807) is 24.3 Å². The lowest BCUT2D eigenvalue weighted by Crippen LogP contribution is -2.17. The quantitative estimate of drug-likeness (QED) is 0.928. The van der Waals surface area contributed by atoms with E-state index in [1.165, 1.54) is 12.1 Å². The molecular formula is C15H11F3NO2. The van der Waals surface area contributed by atoms with Gasteiger partial charge in [-0.2, -0.15) is 0 Å². The lowest BCUT2D eigenvalue weighted by molar-refractivity contribution is -0.274. The average molecular weight is 294 g/mol. The van der Waals surface area contributed by atoms with Crippen LogP contribution in [0.15, 0.2) is 48.5 Å². The highest BCUT2D eigenvalue weighted by Gasteiger charge is 2.31. The molecule has 2 aromatic rings. The highest BCUT2D eigenvalue weighted by atomic mass is 19.4. The molecule has 21 heavy (non-hydrogen) atoms. The van der Waals surface area contributed by atoms with Gasteiger partial charge in [-0.3, -0.25) is 4.79 Å². The second-order valence-corrected chi connectivity index (χ2v) is 4.23. The fourth-order valence-corrected chi connectivity index (χ4v) is 1.63. The summed E-state index contributed by atoms with van der Waals surface area (Å²) in [7, 11) is 0. The molecule has 0 spiro atoms. The van der Waals surface area contributed by atoms with Gasteiger partial charge in [-0.25, -0.2) is 0 Å². The van der Waals surface area contributed by atoms with Crippen molar-refractivity contribution in [1.82, 2.24) is 0 Å². The summed E-state index contributed by atoms with van der Waals surface area (Å²) in [4.78, 5) is 11.9. The summed E-state index contributed by atoms with van der Waals surface area (Å²) < 4.78 is 40.2. The third-order valence-corrected chi connectivity index (χ3v) is 2.54. The number of hydrogen-bond acceptors (Lipinski definition) is 2. The first-order valence-electron chi connectivity index (χ1n) is 5.93. The minimum Gasteiger partial charge on any atom is -0.406 e. The largest absolute Gasteiger partial charge is 0.573 e. The number of rotatable bonds is 3. The molecule has 2 rings (SSSR count). The van der Waals surface area contributed by atoms with Crippen LogP contribution >= 0.6 is 0 Å². The van der Waals surface area contributed by atoms with Crippen molar-refractivity contribution in [3.05, 3.63) is 66.6 Å². The van der Waals surface area contributed by atoms with Crippen LogP contribution in [0.1, 0.15) is 15.9 Å². The van der Waals surface area contributed by atoms with Crippen molar-refractivity contribution in [3.63, 3.8) is 0 Å². The zero-order chi connectivity index (χ0) is 15.5. The molecule has 0 aliphatic carbocycles. The first kappa shape index (κ1) is 14.9. The smallest absolute Gasteiger partial charge is 0.406 e. The van der Waals surface area contributed by atoms with E-state index in [2.05, 4.69) is 17.0 Å². The van der Waals surface area contributed by atoms with Gasteiger partial charge < -0.3 is 10.1 Å². The van der Waals surface area contributed by atoms with E-state index in [0.29, 0.717) is 5.56 Å². The minimum absolute atomic E-state index is 0.209. The molecule has 0 heterocycles. The van der Waals surface area contributed by atoms with Gasteiger partial charge >= 0.3 is 6.36 Å². The Labute approximate surface area is 119 Å². The normalized spacial score (nSPS) is 11.0. The zero-order valence-corrected chi connectivity index (χ0v) is 10.8. The number of hydrogen-bond donors (Lipinski definition) is 1. The SMILES string of the molecule is [CH2]c1ccc(C(=O)Nc2cccc(OC(F)(F)F)c2)cc1. The topological polar surface area (TPSA) is 38.3 Å². The van der Waals surface area contributed by atoms with Crippen molar-refractivity contribution >= 4 is 11.6 Å². The maximum absolute atomic E-state index is 12.1. The van der Waals surface area contributed by atoms with Crippen molar-refractivity contribution in [1.29, 1.82) is 0 Å².